The summed E-state index contributed by atoms with van der Waals surface area (Å²) >= 11 is 11.8. The number of hydrogen-bond acceptors (Lipinski definition) is 5. The number of nitrogens with zero attached hydrogens (tertiary/aromatic N) is 1. The first-order valence-electron chi connectivity index (χ1n) is 8.96. The third-order valence-electron chi connectivity index (χ3n) is 4.13. The lowest BCUT2D eigenvalue weighted by molar-refractivity contribution is -0.137. The average molecular weight is 517 g/mol. The Bertz CT molecular complexity index is 1310. The van der Waals surface area contributed by atoms with E-state index >= 15 is 0 Å². The zero-order valence-corrected chi connectivity index (χ0v) is 18.6. The van der Waals surface area contributed by atoms with Crippen molar-refractivity contribution in [3.8, 4) is 5.75 Å². The molecular weight excluding hydrogens is 504 g/mol. The molecule has 3 aromatic rings. The molecule has 1 N–H and O–H groups in total. The number of carbonyl (C=O) groups is 1. The first-order valence-corrected chi connectivity index (χ1v) is 11.1. The summed E-state index contributed by atoms with van der Waals surface area (Å²) in [7, 11) is -4.44. The molecule has 0 aromatic heterocycles. The SMILES string of the molecule is O=C(NN=Cc1ccccc1OS(=O)(=O)c1ccc(C(F)(F)F)cc1)c1ccc(Cl)cc1Cl. The number of amides is 1. The van der Waals surface area contributed by atoms with Crippen molar-refractivity contribution in [1.82, 2.24) is 5.43 Å². The lowest BCUT2D eigenvalue weighted by atomic mass is 10.2. The Morgan fingerprint density at radius 1 is 1.00 bits per heavy atom. The number of nitrogens with one attached hydrogen (secondary N) is 1. The second-order valence-corrected chi connectivity index (χ2v) is 8.81. The fourth-order valence-electron chi connectivity index (χ4n) is 2.53. The number of carbonyl (C=O) groups excluding carboxylic acids is 1. The number of para-hydroxylation sites is 1. The Morgan fingerprint density at radius 3 is 2.30 bits per heavy atom. The van der Waals surface area contributed by atoms with Crippen LogP contribution in [-0.4, -0.2) is 20.5 Å². The molecule has 172 valence electrons. The molecule has 0 aliphatic rings. The van der Waals surface area contributed by atoms with Gasteiger partial charge in [-0.25, -0.2) is 5.43 Å². The van der Waals surface area contributed by atoms with E-state index in [1.165, 1.54) is 36.4 Å². The molecule has 33 heavy (non-hydrogen) atoms. The first kappa shape index (κ1) is 24.6. The van der Waals surface area contributed by atoms with Crippen LogP contribution in [0, 0.1) is 0 Å². The van der Waals surface area contributed by atoms with Crippen LogP contribution in [0.15, 0.2) is 76.7 Å². The maximum absolute atomic E-state index is 12.7. The number of rotatable bonds is 6. The van der Waals surface area contributed by atoms with Crippen LogP contribution in [0.4, 0.5) is 13.2 Å². The van der Waals surface area contributed by atoms with E-state index in [0.717, 1.165) is 18.3 Å². The first-order chi connectivity index (χ1) is 15.5. The molecule has 0 atom stereocenters. The Hall–Kier alpha value is -3.08. The maximum Gasteiger partial charge on any atom is 0.416 e. The highest BCUT2D eigenvalue weighted by Gasteiger charge is 2.31. The normalized spacial score (nSPS) is 12.0. The number of alkyl halides is 3. The predicted octanol–water partition coefficient (Wildman–Crippen LogP) is 5.54. The van der Waals surface area contributed by atoms with Crippen LogP contribution in [0.3, 0.4) is 0 Å². The molecule has 1 amide bonds. The van der Waals surface area contributed by atoms with E-state index in [1.54, 1.807) is 6.07 Å². The Balaban J connectivity index is 1.76. The summed E-state index contributed by atoms with van der Waals surface area (Å²) in [6.45, 7) is 0. The van der Waals surface area contributed by atoms with Crippen LogP contribution in [-0.2, 0) is 16.3 Å². The molecule has 0 aliphatic heterocycles. The van der Waals surface area contributed by atoms with Gasteiger partial charge in [0.2, 0.25) is 0 Å². The van der Waals surface area contributed by atoms with Gasteiger partial charge in [0.1, 0.15) is 4.90 Å². The van der Waals surface area contributed by atoms with Crippen LogP contribution in [0.2, 0.25) is 10.0 Å². The maximum atomic E-state index is 12.7. The molecule has 0 spiro atoms. The third-order valence-corrected chi connectivity index (χ3v) is 5.93. The van der Waals surface area contributed by atoms with Gasteiger partial charge in [-0.3, -0.25) is 4.79 Å². The standard InChI is InChI=1S/C21H13Cl2F3N2O4S/c22-15-7-10-17(18(23)11-15)20(29)28-27-12-13-3-1-2-4-19(13)32-33(30,31)16-8-5-14(6-9-16)21(24,25)26/h1-12H,(H,28,29). The van der Waals surface area contributed by atoms with Crippen molar-refractivity contribution in [2.24, 2.45) is 5.10 Å². The van der Waals surface area contributed by atoms with E-state index in [4.69, 9.17) is 27.4 Å². The van der Waals surface area contributed by atoms with Gasteiger partial charge < -0.3 is 4.18 Å². The fourth-order valence-corrected chi connectivity index (χ4v) is 3.98. The molecule has 0 unspecified atom stereocenters. The van der Waals surface area contributed by atoms with Gasteiger partial charge in [-0.1, -0.05) is 35.3 Å². The largest absolute Gasteiger partial charge is 0.416 e. The van der Waals surface area contributed by atoms with Gasteiger partial charge in [0, 0.05) is 10.6 Å². The number of benzene rings is 3. The lowest BCUT2D eigenvalue weighted by Crippen LogP contribution is -2.18. The van der Waals surface area contributed by atoms with E-state index in [0.29, 0.717) is 17.2 Å². The van der Waals surface area contributed by atoms with Gasteiger partial charge in [-0.15, -0.1) is 0 Å². The quantitative estimate of drug-likeness (QED) is 0.264. The molecule has 12 heteroatoms. The van der Waals surface area contributed by atoms with Gasteiger partial charge in [0.15, 0.2) is 5.75 Å². The summed E-state index contributed by atoms with van der Waals surface area (Å²) in [5.74, 6) is -0.788. The Labute approximate surface area is 196 Å². The molecule has 0 fully saturated rings. The minimum atomic E-state index is -4.60. The van der Waals surface area contributed by atoms with Gasteiger partial charge in [-0.2, -0.15) is 26.7 Å². The van der Waals surface area contributed by atoms with Crippen LogP contribution < -0.4 is 9.61 Å². The monoisotopic (exact) mass is 516 g/mol. The molecule has 3 aromatic carbocycles. The van der Waals surface area contributed by atoms with Crippen molar-refractivity contribution in [1.29, 1.82) is 0 Å². The number of hydrazone groups is 1. The summed E-state index contributed by atoms with van der Waals surface area (Å²) in [6, 6.07) is 13.0. The second kappa shape index (κ2) is 9.82. The highest BCUT2D eigenvalue weighted by Crippen LogP contribution is 2.30. The number of halogens is 5. The second-order valence-electron chi connectivity index (χ2n) is 6.42. The van der Waals surface area contributed by atoms with Crippen molar-refractivity contribution in [3.63, 3.8) is 0 Å². The summed E-state index contributed by atoms with van der Waals surface area (Å²) in [4.78, 5) is 11.7. The van der Waals surface area contributed by atoms with E-state index in [-0.39, 0.29) is 21.9 Å². The topological polar surface area (TPSA) is 84.8 Å². The minimum absolute atomic E-state index is 0.113. The third kappa shape index (κ3) is 6.25. The summed E-state index contributed by atoms with van der Waals surface area (Å²) in [5.41, 5.74) is 1.54. The van der Waals surface area contributed by atoms with Gasteiger partial charge >= 0.3 is 16.3 Å². The van der Waals surface area contributed by atoms with Crippen LogP contribution >= 0.6 is 23.2 Å². The Kier molecular flexibility index (Phi) is 7.31. The van der Waals surface area contributed by atoms with Crippen LogP contribution in [0.1, 0.15) is 21.5 Å². The van der Waals surface area contributed by atoms with Crippen molar-refractivity contribution in [2.45, 2.75) is 11.1 Å². The summed E-state index contributed by atoms with van der Waals surface area (Å²) in [6.07, 6.45) is -3.47. The molecule has 3 rings (SSSR count). The van der Waals surface area contributed by atoms with Crippen molar-refractivity contribution < 1.29 is 30.6 Å². The van der Waals surface area contributed by atoms with E-state index in [1.807, 2.05) is 0 Å². The molecular formula is C21H13Cl2F3N2O4S. The molecule has 0 bridgehead atoms. The highest BCUT2D eigenvalue weighted by molar-refractivity contribution is 7.87. The molecule has 0 radical (unpaired) electrons. The molecule has 0 heterocycles. The van der Waals surface area contributed by atoms with E-state index in [9.17, 15) is 26.4 Å². The zero-order valence-electron chi connectivity index (χ0n) is 16.3. The fraction of sp³-hybridized carbons (Fsp3) is 0.0476. The minimum Gasteiger partial charge on any atom is -0.378 e. The predicted molar refractivity (Wildman–Crippen MR) is 117 cm³/mol. The molecule has 0 saturated carbocycles. The van der Waals surface area contributed by atoms with Gasteiger partial charge in [0.25, 0.3) is 5.91 Å². The Morgan fingerprint density at radius 2 is 1.67 bits per heavy atom. The smallest absolute Gasteiger partial charge is 0.378 e. The van der Waals surface area contributed by atoms with Gasteiger partial charge in [0.05, 0.1) is 22.4 Å². The zero-order chi connectivity index (χ0) is 24.2. The van der Waals surface area contributed by atoms with Crippen molar-refractivity contribution in [3.05, 3.63) is 93.5 Å². The van der Waals surface area contributed by atoms with Crippen LogP contribution in [0.25, 0.3) is 0 Å². The van der Waals surface area contributed by atoms with Crippen LogP contribution in [0.5, 0.6) is 5.75 Å². The lowest BCUT2D eigenvalue weighted by Gasteiger charge is -2.11. The highest BCUT2D eigenvalue weighted by atomic mass is 35.5. The average Bonchev–Trinajstić information content (AvgIpc) is 2.74. The summed E-state index contributed by atoms with van der Waals surface area (Å²) in [5, 5.41) is 4.23. The van der Waals surface area contributed by atoms with Crippen molar-refractivity contribution in [2.75, 3.05) is 0 Å². The van der Waals surface area contributed by atoms with E-state index in [2.05, 4.69) is 10.5 Å². The van der Waals surface area contributed by atoms with Gasteiger partial charge in [-0.05, 0) is 54.6 Å². The number of hydrogen-bond donors (Lipinski definition) is 1. The molecule has 0 aliphatic carbocycles. The van der Waals surface area contributed by atoms with E-state index < -0.39 is 32.7 Å². The molecule has 6 nitrogen and oxygen atoms in total. The van der Waals surface area contributed by atoms with Crippen molar-refractivity contribution >= 4 is 45.4 Å². The summed E-state index contributed by atoms with van der Waals surface area (Å²) < 4.78 is 68.2. The molecule has 0 saturated heterocycles.